The van der Waals surface area contributed by atoms with Crippen molar-refractivity contribution in [2.24, 2.45) is 0 Å². The van der Waals surface area contributed by atoms with Crippen molar-refractivity contribution in [3.8, 4) is 0 Å². The smallest absolute Gasteiger partial charge is 0.248 e. The highest BCUT2D eigenvalue weighted by atomic mass is 32.2. The molecule has 1 N–H and O–H groups in total. The Kier molecular flexibility index (Phi) is 3.56. The van der Waals surface area contributed by atoms with Gasteiger partial charge in [0.05, 0.1) is 0 Å². The van der Waals surface area contributed by atoms with Crippen LogP contribution < -0.4 is 10.2 Å². The summed E-state index contributed by atoms with van der Waals surface area (Å²) in [6.07, 6.45) is 9.30. The second kappa shape index (κ2) is 5.40. The molecule has 1 aromatic rings. The maximum absolute atomic E-state index is 12.8. The molecule has 8 heteroatoms. The van der Waals surface area contributed by atoms with Crippen LogP contribution in [0.3, 0.4) is 0 Å². The normalized spacial score (nSPS) is 27.5. The Labute approximate surface area is 141 Å². The van der Waals surface area contributed by atoms with E-state index in [2.05, 4.69) is 20.2 Å². The van der Waals surface area contributed by atoms with Crippen molar-refractivity contribution in [3.63, 3.8) is 0 Å². The summed E-state index contributed by atoms with van der Waals surface area (Å²) in [6, 6.07) is 0.248. The lowest BCUT2D eigenvalue weighted by Crippen LogP contribution is -2.63. The summed E-state index contributed by atoms with van der Waals surface area (Å²) >= 11 is 0. The Morgan fingerprint density at radius 3 is 2.71 bits per heavy atom. The molecular weight excluding hydrogens is 328 g/mol. The Morgan fingerprint density at radius 1 is 1.29 bits per heavy atom. The Bertz CT molecular complexity index is 789. The van der Waals surface area contributed by atoms with Crippen LogP contribution in [0, 0.1) is 0 Å². The van der Waals surface area contributed by atoms with Gasteiger partial charge in [0.15, 0.2) is 0 Å². The van der Waals surface area contributed by atoms with Gasteiger partial charge in [-0.3, -0.25) is 4.79 Å². The molecule has 0 bridgehead atoms. The first-order chi connectivity index (χ1) is 11.4. The average Bonchev–Trinajstić information content (AvgIpc) is 3.14. The fourth-order valence-corrected chi connectivity index (χ4v) is 4.94. The summed E-state index contributed by atoms with van der Waals surface area (Å²) < 4.78 is 23.7. The van der Waals surface area contributed by atoms with Gasteiger partial charge in [-0.05, 0) is 25.7 Å². The van der Waals surface area contributed by atoms with Crippen molar-refractivity contribution >= 4 is 21.6 Å². The van der Waals surface area contributed by atoms with Gasteiger partial charge in [-0.2, -0.15) is 0 Å². The summed E-state index contributed by atoms with van der Waals surface area (Å²) in [6.45, 7) is 0.704. The van der Waals surface area contributed by atoms with E-state index in [1.165, 1.54) is 0 Å². The summed E-state index contributed by atoms with van der Waals surface area (Å²) in [5.41, 5.74) is 0.256. The number of carbonyl (C=O) groups is 1. The van der Waals surface area contributed by atoms with E-state index in [0.717, 1.165) is 50.3 Å². The van der Waals surface area contributed by atoms with Gasteiger partial charge >= 0.3 is 0 Å². The van der Waals surface area contributed by atoms with E-state index in [1.807, 2.05) is 0 Å². The van der Waals surface area contributed by atoms with E-state index in [-0.39, 0.29) is 17.1 Å². The second-order valence-corrected chi connectivity index (χ2v) is 9.06. The van der Waals surface area contributed by atoms with E-state index in [9.17, 15) is 13.2 Å². The largest absolute Gasteiger partial charge is 0.354 e. The van der Waals surface area contributed by atoms with Crippen molar-refractivity contribution in [2.45, 2.75) is 61.7 Å². The third-order valence-electron chi connectivity index (χ3n) is 5.49. The number of carbonyl (C=O) groups excluding carboxylic acids is 1. The minimum Gasteiger partial charge on any atom is -0.354 e. The fraction of sp³-hybridized carbons (Fsp3) is 0.688. The summed E-state index contributed by atoms with van der Waals surface area (Å²) in [7, 11) is -3.48. The monoisotopic (exact) mass is 350 g/mol. The van der Waals surface area contributed by atoms with E-state index in [1.54, 1.807) is 6.20 Å². The Hall–Kier alpha value is -1.70. The molecule has 4 rings (SSSR count). The number of amides is 1. The Balaban J connectivity index is 1.85. The molecule has 0 radical (unpaired) electrons. The fourth-order valence-electron chi connectivity index (χ4n) is 4.44. The van der Waals surface area contributed by atoms with Crippen LogP contribution in [0.1, 0.15) is 44.1 Å². The van der Waals surface area contributed by atoms with Crippen molar-refractivity contribution in [1.82, 2.24) is 15.3 Å². The van der Waals surface area contributed by atoms with E-state index >= 15 is 0 Å². The maximum Gasteiger partial charge on any atom is 0.248 e. The summed E-state index contributed by atoms with van der Waals surface area (Å²) in [4.78, 5) is 23.4. The predicted molar refractivity (Wildman–Crippen MR) is 88.6 cm³/mol. The number of hydrogen-bond donors (Lipinski definition) is 1. The summed E-state index contributed by atoms with van der Waals surface area (Å²) in [5, 5.41) is 2.85. The first kappa shape index (κ1) is 15.8. The predicted octanol–water partition coefficient (Wildman–Crippen LogP) is 0.834. The molecular formula is C16H22N4O3S. The molecule has 1 amide bonds. The summed E-state index contributed by atoms with van der Waals surface area (Å²) in [5.74, 6) is 0.689. The average molecular weight is 350 g/mol. The number of nitrogens with one attached hydrogen (secondary N) is 1. The van der Waals surface area contributed by atoms with Gasteiger partial charge in [0, 0.05) is 37.0 Å². The maximum atomic E-state index is 12.8. The molecule has 3 heterocycles. The van der Waals surface area contributed by atoms with Crippen LogP contribution in [0.2, 0.25) is 0 Å². The van der Waals surface area contributed by atoms with E-state index < -0.39 is 15.4 Å². The van der Waals surface area contributed by atoms with Gasteiger partial charge in [0.25, 0.3) is 0 Å². The Morgan fingerprint density at radius 2 is 2.04 bits per heavy atom. The minimum absolute atomic E-state index is 0.0413. The molecule has 1 saturated heterocycles. The van der Waals surface area contributed by atoms with E-state index in [4.69, 9.17) is 0 Å². The third kappa shape index (κ3) is 2.30. The number of hydrogen-bond acceptors (Lipinski definition) is 6. The first-order valence-corrected chi connectivity index (χ1v) is 10.4. The molecule has 130 valence electrons. The van der Waals surface area contributed by atoms with Gasteiger partial charge < -0.3 is 10.2 Å². The molecule has 1 atom stereocenters. The minimum atomic E-state index is -3.48. The lowest BCUT2D eigenvalue weighted by Gasteiger charge is -2.44. The number of sulfone groups is 1. The van der Waals surface area contributed by atoms with Crippen LogP contribution in [0.25, 0.3) is 0 Å². The zero-order valence-electron chi connectivity index (χ0n) is 13.8. The molecule has 1 aliphatic carbocycles. The van der Waals surface area contributed by atoms with E-state index in [0.29, 0.717) is 18.8 Å². The quantitative estimate of drug-likeness (QED) is 0.795. The molecule has 1 unspecified atom stereocenters. The number of rotatable bonds is 2. The van der Waals surface area contributed by atoms with Gasteiger partial charge in [-0.25, -0.2) is 18.4 Å². The van der Waals surface area contributed by atoms with Crippen LogP contribution in [-0.2, 0) is 21.1 Å². The molecule has 7 nitrogen and oxygen atoms in total. The van der Waals surface area contributed by atoms with Crippen molar-refractivity contribution in [3.05, 3.63) is 11.8 Å². The van der Waals surface area contributed by atoms with Crippen LogP contribution in [0.4, 0.5) is 5.82 Å². The van der Waals surface area contributed by atoms with Crippen molar-refractivity contribution in [1.29, 1.82) is 0 Å². The highest BCUT2D eigenvalue weighted by molar-refractivity contribution is 7.90. The molecule has 3 aliphatic rings. The topological polar surface area (TPSA) is 92.3 Å². The van der Waals surface area contributed by atoms with Gasteiger partial charge in [-0.15, -0.1) is 0 Å². The van der Waals surface area contributed by atoms with Crippen LogP contribution in [0.15, 0.2) is 11.4 Å². The molecule has 24 heavy (non-hydrogen) atoms. The molecule has 2 aliphatic heterocycles. The van der Waals surface area contributed by atoms with Gasteiger partial charge in [0.1, 0.15) is 11.4 Å². The van der Waals surface area contributed by atoms with Crippen LogP contribution in [-0.4, -0.2) is 48.7 Å². The SMILES string of the molecule is CS(=O)(=O)c1ncc2c(n1)N(C1CCCC1)C1(CCCNC1=O)C2. The van der Waals surface area contributed by atoms with Crippen LogP contribution >= 0.6 is 0 Å². The number of nitrogens with zero attached hydrogens (tertiary/aromatic N) is 3. The zero-order valence-corrected chi connectivity index (χ0v) is 14.6. The zero-order chi connectivity index (χ0) is 16.9. The molecule has 1 saturated carbocycles. The number of piperidine rings is 1. The molecule has 1 aromatic heterocycles. The first-order valence-electron chi connectivity index (χ1n) is 8.55. The number of fused-ring (bicyclic) bond motifs is 1. The highest BCUT2D eigenvalue weighted by Gasteiger charge is 2.54. The lowest BCUT2D eigenvalue weighted by molar-refractivity contribution is -0.128. The molecule has 0 aromatic carbocycles. The standard InChI is InChI=1S/C16H22N4O3S/c1-24(22,23)15-18-10-11-9-16(7-4-8-17-14(16)21)20(13(11)19-15)12-5-2-3-6-12/h10,12H,2-9H2,1H3,(H,17,21). The molecule has 1 spiro atoms. The van der Waals surface area contributed by atoms with Crippen molar-refractivity contribution in [2.75, 3.05) is 17.7 Å². The van der Waals surface area contributed by atoms with Gasteiger partial charge in [0.2, 0.25) is 20.9 Å². The van der Waals surface area contributed by atoms with Crippen molar-refractivity contribution < 1.29 is 13.2 Å². The van der Waals surface area contributed by atoms with Gasteiger partial charge in [-0.1, -0.05) is 12.8 Å². The third-order valence-corrected chi connectivity index (χ3v) is 6.35. The molecule has 2 fully saturated rings. The van der Waals surface area contributed by atoms with Crippen LogP contribution in [0.5, 0.6) is 0 Å². The second-order valence-electron chi connectivity index (χ2n) is 7.15. The number of anilines is 1. The number of aromatic nitrogens is 2. The highest BCUT2D eigenvalue weighted by Crippen LogP contribution is 2.45. The lowest BCUT2D eigenvalue weighted by atomic mass is 9.84.